The third kappa shape index (κ3) is 4.16. The molecule has 0 saturated carbocycles. The van der Waals surface area contributed by atoms with Gasteiger partial charge in [-0.05, 0) is 73.7 Å². The molecule has 24 heavy (non-hydrogen) atoms. The predicted molar refractivity (Wildman–Crippen MR) is 99.6 cm³/mol. The van der Waals surface area contributed by atoms with Crippen LogP contribution in [0.15, 0.2) is 42.5 Å². The summed E-state index contributed by atoms with van der Waals surface area (Å²) in [6, 6.07) is 13.6. The van der Waals surface area contributed by atoms with Crippen LogP contribution in [-0.4, -0.2) is 25.5 Å². The summed E-state index contributed by atoms with van der Waals surface area (Å²) in [5.41, 5.74) is 3.69. The largest absolute Gasteiger partial charge is 0.352 e. The van der Waals surface area contributed by atoms with E-state index < -0.39 is 0 Å². The maximum Gasteiger partial charge on any atom is 0.251 e. The summed E-state index contributed by atoms with van der Waals surface area (Å²) >= 11 is 6.19. The topological polar surface area (TPSA) is 41.1 Å². The normalized spacial score (nSPS) is 15.2. The SMILES string of the molecule is Cc1cc(Cl)cc(-c2ccccc2C(=O)NCC2CCNCC2)c1. The second-order valence-electron chi connectivity index (χ2n) is 6.47. The Hall–Kier alpha value is -1.84. The van der Waals surface area contributed by atoms with Crippen LogP contribution in [0.2, 0.25) is 5.02 Å². The highest BCUT2D eigenvalue weighted by atomic mass is 35.5. The average molecular weight is 343 g/mol. The fourth-order valence-electron chi connectivity index (χ4n) is 3.24. The molecule has 3 nitrogen and oxygen atoms in total. The minimum atomic E-state index is -0.0123. The van der Waals surface area contributed by atoms with Crippen molar-refractivity contribution in [1.82, 2.24) is 10.6 Å². The number of carbonyl (C=O) groups is 1. The van der Waals surface area contributed by atoms with E-state index in [1.807, 2.05) is 43.3 Å². The maximum atomic E-state index is 12.7. The number of piperidine rings is 1. The molecule has 0 spiro atoms. The number of hydrogen-bond donors (Lipinski definition) is 2. The highest BCUT2D eigenvalue weighted by Crippen LogP contribution is 2.27. The first-order valence-corrected chi connectivity index (χ1v) is 8.87. The minimum absolute atomic E-state index is 0.0123. The molecule has 1 fully saturated rings. The molecule has 1 aliphatic rings. The van der Waals surface area contributed by atoms with Crippen LogP contribution in [0.5, 0.6) is 0 Å². The van der Waals surface area contributed by atoms with Gasteiger partial charge in [-0.1, -0.05) is 35.9 Å². The van der Waals surface area contributed by atoms with Crippen LogP contribution in [0.1, 0.15) is 28.8 Å². The van der Waals surface area contributed by atoms with Crippen LogP contribution >= 0.6 is 11.6 Å². The molecule has 1 amide bonds. The monoisotopic (exact) mass is 342 g/mol. The fraction of sp³-hybridized carbons (Fsp3) is 0.350. The number of rotatable bonds is 4. The van der Waals surface area contributed by atoms with Crippen molar-refractivity contribution >= 4 is 17.5 Å². The van der Waals surface area contributed by atoms with E-state index in [2.05, 4.69) is 16.7 Å². The average Bonchev–Trinajstić information content (AvgIpc) is 2.60. The Kier molecular flexibility index (Phi) is 5.54. The molecule has 1 saturated heterocycles. The molecule has 0 aliphatic carbocycles. The Morgan fingerprint density at radius 1 is 1.21 bits per heavy atom. The van der Waals surface area contributed by atoms with Gasteiger partial charge in [-0.2, -0.15) is 0 Å². The van der Waals surface area contributed by atoms with E-state index in [0.29, 0.717) is 16.5 Å². The molecular formula is C20H23ClN2O. The number of halogens is 1. The Morgan fingerprint density at radius 2 is 1.96 bits per heavy atom. The zero-order chi connectivity index (χ0) is 16.9. The van der Waals surface area contributed by atoms with E-state index in [1.165, 1.54) is 0 Å². The molecule has 0 unspecified atom stereocenters. The lowest BCUT2D eigenvalue weighted by molar-refractivity contribution is 0.0945. The van der Waals surface area contributed by atoms with Gasteiger partial charge < -0.3 is 10.6 Å². The molecule has 4 heteroatoms. The minimum Gasteiger partial charge on any atom is -0.352 e. The second-order valence-corrected chi connectivity index (χ2v) is 6.90. The highest BCUT2D eigenvalue weighted by Gasteiger charge is 2.17. The van der Waals surface area contributed by atoms with Gasteiger partial charge in [0.15, 0.2) is 0 Å². The summed E-state index contributed by atoms with van der Waals surface area (Å²) in [5, 5.41) is 7.15. The van der Waals surface area contributed by atoms with E-state index >= 15 is 0 Å². The molecule has 0 bridgehead atoms. The van der Waals surface area contributed by atoms with Crippen LogP contribution in [-0.2, 0) is 0 Å². The molecular weight excluding hydrogens is 320 g/mol. The smallest absolute Gasteiger partial charge is 0.251 e. The number of nitrogens with one attached hydrogen (secondary N) is 2. The lowest BCUT2D eigenvalue weighted by Crippen LogP contribution is -2.36. The first-order chi connectivity index (χ1) is 11.6. The maximum absolute atomic E-state index is 12.7. The summed E-state index contributed by atoms with van der Waals surface area (Å²) in [4.78, 5) is 12.7. The Bertz CT molecular complexity index is 703. The molecule has 2 aromatic rings. The standard InChI is InChI=1S/C20H23ClN2O/c1-14-10-16(12-17(21)11-14)18-4-2-3-5-19(18)20(24)23-13-15-6-8-22-9-7-15/h2-5,10-12,15,22H,6-9,13H2,1H3,(H,23,24). The van der Waals surface area contributed by atoms with Crippen molar-refractivity contribution in [2.75, 3.05) is 19.6 Å². The van der Waals surface area contributed by atoms with Gasteiger partial charge in [-0.3, -0.25) is 4.79 Å². The molecule has 3 rings (SSSR count). The molecule has 2 N–H and O–H groups in total. The lowest BCUT2D eigenvalue weighted by Gasteiger charge is -2.23. The van der Waals surface area contributed by atoms with E-state index in [-0.39, 0.29) is 5.91 Å². The quantitative estimate of drug-likeness (QED) is 0.880. The molecule has 2 aromatic carbocycles. The summed E-state index contributed by atoms with van der Waals surface area (Å²) in [5.74, 6) is 0.553. The van der Waals surface area contributed by atoms with Gasteiger partial charge >= 0.3 is 0 Å². The van der Waals surface area contributed by atoms with Gasteiger partial charge in [0.2, 0.25) is 0 Å². The highest BCUT2D eigenvalue weighted by molar-refractivity contribution is 6.31. The Morgan fingerprint density at radius 3 is 2.71 bits per heavy atom. The van der Waals surface area contributed by atoms with Gasteiger partial charge in [0.25, 0.3) is 5.91 Å². The summed E-state index contributed by atoms with van der Waals surface area (Å²) < 4.78 is 0. The zero-order valence-electron chi connectivity index (χ0n) is 13.9. The number of carbonyl (C=O) groups excluding carboxylic acids is 1. The number of aryl methyl sites for hydroxylation is 1. The third-order valence-electron chi connectivity index (χ3n) is 4.53. The van der Waals surface area contributed by atoms with E-state index in [1.54, 1.807) is 0 Å². The molecule has 1 heterocycles. The van der Waals surface area contributed by atoms with Crippen LogP contribution in [0.25, 0.3) is 11.1 Å². The first-order valence-electron chi connectivity index (χ1n) is 8.49. The van der Waals surface area contributed by atoms with Gasteiger partial charge in [0.05, 0.1) is 0 Å². The second kappa shape index (κ2) is 7.82. The third-order valence-corrected chi connectivity index (χ3v) is 4.75. The van der Waals surface area contributed by atoms with Crippen LogP contribution in [0, 0.1) is 12.8 Å². The number of benzene rings is 2. The van der Waals surface area contributed by atoms with Crippen molar-refractivity contribution in [1.29, 1.82) is 0 Å². The van der Waals surface area contributed by atoms with Crippen molar-refractivity contribution in [2.45, 2.75) is 19.8 Å². The molecule has 0 radical (unpaired) electrons. The van der Waals surface area contributed by atoms with Crippen molar-refractivity contribution in [3.63, 3.8) is 0 Å². The van der Waals surface area contributed by atoms with Gasteiger partial charge in [-0.15, -0.1) is 0 Å². The predicted octanol–water partition coefficient (Wildman–Crippen LogP) is 4.04. The lowest BCUT2D eigenvalue weighted by atomic mass is 9.96. The molecule has 0 aromatic heterocycles. The van der Waals surface area contributed by atoms with E-state index in [9.17, 15) is 4.79 Å². The van der Waals surface area contributed by atoms with Crippen molar-refractivity contribution in [3.05, 3.63) is 58.6 Å². The van der Waals surface area contributed by atoms with E-state index in [4.69, 9.17) is 11.6 Å². The van der Waals surface area contributed by atoms with Gasteiger partial charge in [0, 0.05) is 17.1 Å². The zero-order valence-corrected chi connectivity index (χ0v) is 14.7. The summed E-state index contributed by atoms with van der Waals surface area (Å²) in [6.45, 7) is 4.83. The Balaban J connectivity index is 1.79. The van der Waals surface area contributed by atoms with Crippen molar-refractivity contribution < 1.29 is 4.79 Å². The number of hydrogen-bond acceptors (Lipinski definition) is 2. The first kappa shape index (κ1) is 17.0. The Labute approximate surface area is 148 Å². The fourth-order valence-corrected chi connectivity index (χ4v) is 3.53. The van der Waals surface area contributed by atoms with Crippen molar-refractivity contribution in [3.8, 4) is 11.1 Å². The van der Waals surface area contributed by atoms with Gasteiger partial charge in [0.1, 0.15) is 0 Å². The van der Waals surface area contributed by atoms with Crippen LogP contribution < -0.4 is 10.6 Å². The number of amides is 1. The van der Waals surface area contributed by atoms with E-state index in [0.717, 1.165) is 49.2 Å². The molecule has 1 aliphatic heterocycles. The van der Waals surface area contributed by atoms with Crippen molar-refractivity contribution in [2.24, 2.45) is 5.92 Å². The summed E-state index contributed by atoms with van der Waals surface area (Å²) in [7, 11) is 0. The molecule has 0 atom stereocenters. The van der Waals surface area contributed by atoms with Gasteiger partial charge in [-0.25, -0.2) is 0 Å². The molecule has 126 valence electrons. The van der Waals surface area contributed by atoms with Crippen LogP contribution in [0.4, 0.5) is 0 Å². The summed E-state index contributed by atoms with van der Waals surface area (Å²) in [6.07, 6.45) is 2.24. The van der Waals surface area contributed by atoms with Crippen LogP contribution in [0.3, 0.4) is 0 Å².